The molecule has 1 aromatic heterocycles. The van der Waals surface area contributed by atoms with Crippen molar-refractivity contribution in [1.29, 1.82) is 0 Å². The fraction of sp³-hybridized carbons (Fsp3) is 0.273. The highest BCUT2D eigenvalue weighted by atomic mass is 32.2. The van der Waals surface area contributed by atoms with Crippen LogP contribution < -0.4 is 0 Å². The maximum absolute atomic E-state index is 9.85. The lowest BCUT2D eigenvalue weighted by molar-refractivity contribution is 0.206. The molecule has 0 bridgehead atoms. The van der Waals surface area contributed by atoms with Crippen LogP contribution in [-0.2, 0) is 5.75 Å². The number of rotatable bonds is 0. The molecule has 0 amide bonds. The van der Waals surface area contributed by atoms with Gasteiger partial charge in [-0.2, -0.15) is 11.8 Å². The van der Waals surface area contributed by atoms with Gasteiger partial charge in [0.25, 0.3) is 0 Å². The van der Waals surface area contributed by atoms with Crippen LogP contribution >= 0.6 is 23.1 Å². The van der Waals surface area contributed by atoms with E-state index in [1.165, 1.54) is 20.5 Å². The minimum atomic E-state index is -0.249. The Bertz CT molecular complexity index is 475. The normalized spacial score (nSPS) is 21.1. The largest absolute Gasteiger partial charge is 0.387 e. The first-order valence-electron chi connectivity index (χ1n) is 4.62. The van der Waals surface area contributed by atoms with Gasteiger partial charge in [0, 0.05) is 21.1 Å². The van der Waals surface area contributed by atoms with Crippen LogP contribution in [0.4, 0.5) is 0 Å². The van der Waals surface area contributed by atoms with Gasteiger partial charge in [-0.3, -0.25) is 0 Å². The summed E-state index contributed by atoms with van der Waals surface area (Å²) in [7, 11) is 0. The number of hydrogen-bond donors (Lipinski definition) is 1. The highest BCUT2D eigenvalue weighted by Gasteiger charge is 2.22. The van der Waals surface area contributed by atoms with Crippen LogP contribution in [0.3, 0.4) is 0 Å². The Morgan fingerprint density at radius 2 is 2.14 bits per heavy atom. The molecule has 1 atom stereocenters. The van der Waals surface area contributed by atoms with E-state index in [0.29, 0.717) is 0 Å². The minimum Gasteiger partial charge on any atom is -0.387 e. The molecule has 1 N–H and O–H groups in total. The Morgan fingerprint density at radius 1 is 1.29 bits per heavy atom. The van der Waals surface area contributed by atoms with E-state index in [0.717, 1.165) is 11.5 Å². The number of thiophene rings is 1. The maximum Gasteiger partial charge on any atom is 0.0975 e. The number of aliphatic hydroxyl groups excluding tert-OH is 1. The average molecular weight is 222 g/mol. The summed E-state index contributed by atoms with van der Waals surface area (Å²) in [5.41, 5.74) is 1.36. The zero-order valence-electron chi connectivity index (χ0n) is 7.56. The van der Waals surface area contributed by atoms with Crippen molar-refractivity contribution in [2.45, 2.75) is 11.9 Å². The van der Waals surface area contributed by atoms with Gasteiger partial charge in [-0.05, 0) is 17.0 Å². The van der Waals surface area contributed by atoms with E-state index in [4.69, 9.17) is 0 Å². The Morgan fingerprint density at radius 3 is 3.07 bits per heavy atom. The molecule has 0 spiro atoms. The Balaban J connectivity index is 2.32. The molecule has 1 unspecified atom stereocenters. The monoisotopic (exact) mass is 222 g/mol. The van der Waals surface area contributed by atoms with Gasteiger partial charge in [0.2, 0.25) is 0 Å². The second kappa shape index (κ2) is 3.26. The summed E-state index contributed by atoms with van der Waals surface area (Å²) in [6.45, 7) is 0. The number of benzene rings is 1. The van der Waals surface area contributed by atoms with Crippen LogP contribution in [0.5, 0.6) is 0 Å². The van der Waals surface area contributed by atoms with Crippen molar-refractivity contribution in [1.82, 2.24) is 0 Å². The van der Waals surface area contributed by atoms with Crippen LogP contribution in [0.2, 0.25) is 0 Å². The van der Waals surface area contributed by atoms with Crippen molar-refractivity contribution in [2.75, 3.05) is 5.75 Å². The molecule has 1 aliphatic heterocycles. The van der Waals surface area contributed by atoms with Crippen molar-refractivity contribution in [3.63, 3.8) is 0 Å². The second-order valence-corrected chi connectivity index (χ2v) is 5.59. The van der Waals surface area contributed by atoms with Crippen molar-refractivity contribution < 1.29 is 5.11 Å². The predicted molar refractivity (Wildman–Crippen MR) is 62.9 cm³/mol. The molecule has 14 heavy (non-hydrogen) atoms. The van der Waals surface area contributed by atoms with Gasteiger partial charge in [-0.15, -0.1) is 11.3 Å². The van der Waals surface area contributed by atoms with Crippen LogP contribution in [0, 0.1) is 0 Å². The molecule has 72 valence electrons. The SMILES string of the molecule is OC1CSCc2c1sc1ccccc21. The van der Waals surface area contributed by atoms with Crippen molar-refractivity contribution in [3.8, 4) is 0 Å². The summed E-state index contributed by atoms with van der Waals surface area (Å²) in [5, 5.41) is 11.2. The summed E-state index contributed by atoms with van der Waals surface area (Å²) in [6.07, 6.45) is -0.249. The third-order valence-corrected chi connectivity index (χ3v) is 4.91. The highest BCUT2D eigenvalue weighted by Crippen LogP contribution is 2.41. The first kappa shape index (κ1) is 8.77. The van der Waals surface area contributed by atoms with Gasteiger partial charge >= 0.3 is 0 Å². The predicted octanol–water partition coefficient (Wildman–Crippen LogP) is 3.18. The van der Waals surface area contributed by atoms with Gasteiger partial charge in [-0.1, -0.05) is 18.2 Å². The quantitative estimate of drug-likeness (QED) is 0.738. The lowest BCUT2D eigenvalue weighted by atomic mass is 10.1. The van der Waals surface area contributed by atoms with Crippen LogP contribution in [0.25, 0.3) is 10.1 Å². The minimum absolute atomic E-state index is 0.249. The maximum atomic E-state index is 9.85. The molecule has 0 saturated heterocycles. The molecular formula is C11H10OS2. The molecule has 1 nitrogen and oxygen atoms in total. The first-order chi connectivity index (χ1) is 6.86. The Kier molecular flexibility index (Phi) is 2.04. The van der Waals surface area contributed by atoms with Gasteiger partial charge in [0.15, 0.2) is 0 Å². The Labute approximate surface area is 90.8 Å². The van der Waals surface area contributed by atoms with Crippen molar-refractivity contribution in [2.24, 2.45) is 0 Å². The standard InChI is InChI=1S/C11H10OS2/c12-9-6-13-5-8-7-3-1-2-4-10(7)14-11(8)9/h1-4,9,12H,5-6H2. The number of fused-ring (bicyclic) bond motifs is 3. The molecule has 0 aliphatic carbocycles. The zero-order valence-corrected chi connectivity index (χ0v) is 9.20. The summed E-state index contributed by atoms with van der Waals surface area (Å²) in [4.78, 5) is 1.19. The summed E-state index contributed by atoms with van der Waals surface area (Å²) < 4.78 is 1.30. The van der Waals surface area contributed by atoms with E-state index >= 15 is 0 Å². The van der Waals surface area contributed by atoms with Gasteiger partial charge < -0.3 is 5.11 Å². The van der Waals surface area contributed by atoms with Crippen LogP contribution in [-0.4, -0.2) is 10.9 Å². The van der Waals surface area contributed by atoms with Gasteiger partial charge in [0.05, 0.1) is 6.10 Å². The van der Waals surface area contributed by atoms with Crippen LogP contribution in [0.15, 0.2) is 24.3 Å². The van der Waals surface area contributed by atoms with E-state index in [-0.39, 0.29) is 6.10 Å². The lowest BCUT2D eigenvalue weighted by Gasteiger charge is -2.16. The van der Waals surface area contributed by atoms with E-state index in [1.54, 1.807) is 11.3 Å². The average Bonchev–Trinajstić information content (AvgIpc) is 2.59. The fourth-order valence-electron chi connectivity index (χ4n) is 1.88. The molecular weight excluding hydrogens is 212 g/mol. The molecule has 1 aromatic carbocycles. The Hall–Kier alpha value is -0.510. The zero-order chi connectivity index (χ0) is 9.54. The van der Waals surface area contributed by atoms with E-state index in [9.17, 15) is 5.11 Å². The third-order valence-electron chi connectivity index (χ3n) is 2.55. The molecule has 2 heterocycles. The van der Waals surface area contributed by atoms with Gasteiger partial charge in [-0.25, -0.2) is 0 Å². The number of aliphatic hydroxyl groups is 1. The van der Waals surface area contributed by atoms with Crippen molar-refractivity contribution in [3.05, 3.63) is 34.7 Å². The summed E-state index contributed by atoms with van der Waals surface area (Å²) in [6, 6.07) is 8.42. The molecule has 0 radical (unpaired) electrons. The summed E-state index contributed by atoms with van der Waals surface area (Å²) >= 11 is 3.57. The molecule has 0 saturated carbocycles. The topological polar surface area (TPSA) is 20.2 Å². The van der Waals surface area contributed by atoms with E-state index in [2.05, 4.69) is 24.3 Å². The molecule has 3 heteroatoms. The fourth-order valence-corrected chi connectivity index (χ4v) is 4.31. The van der Waals surface area contributed by atoms with E-state index < -0.39 is 0 Å². The summed E-state index contributed by atoms with van der Waals surface area (Å²) in [5.74, 6) is 1.90. The van der Waals surface area contributed by atoms with E-state index in [1.807, 2.05) is 11.8 Å². The van der Waals surface area contributed by atoms with Crippen LogP contribution in [0.1, 0.15) is 16.5 Å². The molecule has 2 aromatic rings. The molecule has 3 rings (SSSR count). The first-order valence-corrected chi connectivity index (χ1v) is 6.59. The lowest BCUT2D eigenvalue weighted by Crippen LogP contribution is -2.06. The van der Waals surface area contributed by atoms with Gasteiger partial charge in [0.1, 0.15) is 0 Å². The molecule has 0 fully saturated rings. The third kappa shape index (κ3) is 1.20. The highest BCUT2D eigenvalue weighted by molar-refractivity contribution is 7.98. The smallest absolute Gasteiger partial charge is 0.0975 e. The molecule has 1 aliphatic rings. The number of hydrogen-bond acceptors (Lipinski definition) is 3. The number of thioether (sulfide) groups is 1. The second-order valence-electron chi connectivity index (χ2n) is 3.47. The van der Waals surface area contributed by atoms with Crippen molar-refractivity contribution >= 4 is 33.2 Å².